The van der Waals surface area contributed by atoms with Crippen LogP contribution >= 0.6 is 34.5 Å². The van der Waals surface area contributed by atoms with Crippen LogP contribution in [0.2, 0.25) is 5.02 Å². The third-order valence-electron chi connectivity index (χ3n) is 7.65. The van der Waals surface area contributed by atoms with Gasteiger partial charge in [-0.05, 0) is 50.1 Å². The first-order valence-electron chi connectivity index (χ1n) is 13.9. The second-order valence-electron chi connectivity index (χ2n) is 10.6. The topological polar surface area (TPSA) is 95.1 Å². The van der Waals surface area contributed by atoms with Crippen molar-refractivity contribution in [2.24, 2.45) is 0 Å². The molecule has 1 fully saturated rings. The van der Waals surface area contributed by atoms with E-state index in [1.807, 2.05) is 38.1 Å². The number of rotatable bonds is 8. The summed E-state index contributed by atoms with van der Waals surface area (Å²) >= 11 is 8.88. The molecule has 0 radical (unpaired) electrons. The molecule has 1 saturated heterocycles. The van der Waals surface area contributed by atoms with Gasteiger partial charge in [0, 0.05) is 66.9 Å². The van der Waals surface area contributed by atoms with Gasteiger partial charge in [-0.3, -0.25) is 4.90 Å². The zero-order valence-electron chi connectivity index (χ0n) is 24.6. The van der Waals surface area contributed by atoms with E-state index in [1.54, 1.807) is 37.3 Å². The van der Waals surface area contributed by atoms with Gasteiger partial charge in [0.25, 0.3) is 0 Å². The monoisotopic (exact) mass is 715 g/mol. The highest BCUT2D eigenvalue weighted by Crippen LogP contribution is 2.36. The van der Waals surface area contributed by atoms with Crippen molar-refractivity contribution >= 4 is 63.5 Å². The standard InChI is InChI=1S/C31H35ClIN7O3/c1-21-6-5-7-24(32)29(21)37-30(41)40(31(2)12-10-22(11-13-31)38-14-16-39(33)17-15-38)28-19-27(34-20-35-28)36-25-9-8-23(42-3)18-26(25)43-4/h5-12,18-20H,13-17H2,1-4H3,(H,37,41)(H,34,35,36). The Morgan fingerprint density at radius 3 is 2.56 bits per heavy atom. The molecule has 0 saturated carbocycles. The first-order valence-corrected chi connectivity index (χ1v) is 15.3. The van der Waals surface area contributed by atoms with Gasteiger partial charge in [-0.25, -0.2) is 17.9 Å². The number of halogens is 2. The van der Waals surface area contributed by atoms with Gasteiger partial charge in [0.15, 0.2) is 0 Å². The number of para-hydroxylation sites is 1. The Hall–Kier alpha value is -3.55. The molecule has 10 nitrogen and oxygen atoms in total. The van der Waals surface area contributed by atoms with Crippen LogP contribution in [0.3, 0.4) is 0 Å². The molecular formula is C31H35ClIN7O3. The molecule has 1 aliphatic carbocycles. The number of methoxy groups -OCH3 is 2. The molecule has 1 atom stereocenters. The van der Waals surface area contributed by atoms with Crippen molar-refractivity contribution in [1.29, 1.82) is 0 Å². The number of aromatic nitrogens is 2. The molecule has 1 aliphatic heterocycles. The van der Waals surface area contributed by atoms with Gasteiger partial charge < -0.3 is 25.0 Å². The minimum atomic E-state index is -0.725. The quantitative estimate of drug-likeness (QED) is 0.194. The molecule has 3 aromatic rings. The molecule has 2 amide bonds. The lowest BCUT2D eigenvalue weighted by Gasteiger charge is -2.41. The lowest BCUT2D eigenvalue weighted by atomic mass is 9.90. The molecular weight excluding hydrogens is 681 g/mol. The molecule has 226 valence electrons. The number of benzene rings is 2. The van der Waals surface area contributed by atoms with E-state index in [2.05, 4.69) is 69.7 Å². The number of allylic oxidation sites excluding steroid dienone is 1. The number of nitrogens with one attached hydrogen (secondary N) is 2. The van der Waals surface area contributed by atoms with E-state index < -0.39 is 5.54 Å². The highest BCUT2D eigenvalue weighted by Gasteiger charge is 2.37. The first-order chi connectivity index (χ1) is 20.7. The number of aryl methyl sites for hydroxylation is 1. The van der Waals surface area contributed by atoms with Crippen LogP contribution in [-0.4, -0.2) is 69.9 Å². The number of ether oxygens (including phenoxy) is 2. The van der Waals surface area contributed by atoms with E-state index in [9.17, 15) is 4.79 Å². The predicted octanol–water partition coefficient (Wildman–Crippen LogP) is 6.81. The molecule has 12 heteroatoms. The number of hydrogen-bond acceptors (Lipinski definition) is 8. The van der Waals surface area contributed by atoms with Gasteiger partial charge in [0.2, 0.25) is 0 Å². The van der Waals surface area contributed by atoms with Crippen molar-refractivity contribution in [3.63, 3.8) is 0 Å². The van der Waals surface area contributed by atoms with Gasteiger partial charge in [0.1, 0.15) is 29.5 Å². The maximum Gasteiger partial charge on any atom is 0.328 e. The predicted molar refractivity (Wildman–Crippen MR) is 180 cm³/mol. The zero-order chi connectivity index (χ0) is 30.6. The largest absolute Gasteiger partial charge is 0.497 e. The summed E-state index contributed by atoms with van der Waals surface area (Å²) in [7, 11) is 3.19. The average Bonchev–Trinajstić information content (AvgIpc) is 3.00. The van der Waals surface area contributed by atoms with E-state index >= 15 is 0 Å². The van der Waals surface area contributed by atoms with Crippen molar-refractivity contribution < 1.29 is 14.3 Å². The fourth-order valence-electron chi connectivity index (χ4n) is 5.18. The van der Waals surface area contributed by atoms with Crippen molar-refractivity contribution in [3.8, 4) is 11.5 Å². The van der Waals surface area contributed by atoms with Crippen LogP contribution in [0.15, 0.2) is 72.7 Å². The third kappa shape index (κ3) is 7.00. The number of piperazine rings is 1. The van der Waals surface area contributed by atoms with E-state index in [0.29, 0.717) is 46.0 Å². The summed E-state index contributed by atoms with van der Waals surface area (Å²) < 4.78 is 13.2. The Bertz CT molecular complexity index is 1520. The normalized spacial score (nSPS) is 18.6. The Balaban J connectivity index is 1.47. The van der Waals surface area contributed by atoms with Crippen molar-refractivity contribution in [3.05, 3.63) is 83.3 Å². The summed E-state index contributed by atoms with van der Waals surface area (Å²) in [6.07, 6.45) is 8.43. The van der Waals surface area contributed by atoms with Crippen LogP contribution in [0.4, 0.5) is 27.8 Å². The molecule has 43 heavy (non-hydrogen) atoms. The Morgan fingerprint density at radius 2 is 1.88 bits per heavy atom. The zero-order valence-corrected chi connectivity index (χ0v) is 27.5. The third-order valence-corrected chi connectivity index (χ3v) is 8.93. The molecule has 1 unspecified atom stereocenters. The smallest absolute Gasteiger partial charge is 0.328 e. The van der Waals surface area contributed by atoms with Crippen LogP contribution in [-0.2, 0) is 0 Å². The molecule has 0 bridgehead atoms. The van der Waals surface area contributed by atoms with Crippen LogP contribution in [0, 0.1) is 6.92 Å². The molecule has 2 aromatic carbocycles. The Morgan fingerprint density at radius 1 is 1.09 bits per heavy atom. The van der Waals surface area contributed by atoms with Gasteiger partial charge in [0.05, 0.1) is 36.2 Å². The summed E-state index contributed by atoms with van der Waals surface area (Å²) in [5.41, 5.74) is 2.56. The number of hydrogen-bond donors (Lipinski definition) is 2. The van der Waals surface area contributed by atoms with Crippen molar-refractivity contribution in [2.45, 2.75) is 25.8 Å². The van der Waals surface area contributed by atoms with Crippen molar-refractivity contribution in [2.75, 3.05) is 55.9 Å². The Labute approximate surface area is 271 Å². The van der Waals surface area contributed by atoms with E-state index in [0.717, 1.165) is 31.7 Å². The minimum Gasteiger partial charge on any atom is -0.497 e. The minimum absolute atomic E-state index is 0.356. The van der Waals surface area contributed by atoms with Crippen LogP contribution in [0.25, 0.3) is 0 Å². The lowest BCUT2D eigenvalue weighted by Crippen LogP contribution is -2.52. The van der Waals surface area contributed by atoms with Crippen LogP contribution < -0.4 is 25.0 Å². The number of nitrogens with zero attached hydrogens (tertiary/aromatic N) is 5. The number of amides is 2. The lowest BCUT2D eigenvalue weighted by molar-refractivity contribution is 0.249. The maximum atomic E-state index is 14.2. The fourth-order valence-corrected chi connectivity index (χ4v) is 5.88. The summed E-state index contributed by atoms with van der Waals surface area (Å²) in [5, 5.41) is 6.81. The molecule has 0 spiro atoms. The maximum absolute atomic E-state index is 14.2. The second kappa shape index (κ2) is 13.4. The number of carbonyl (C=O) groups excluding carboxylic acids is 1. The highest BCUT2D eigenvalue weighted by molar-refractivity contribution is 14.1. The van der Waals surface area contributed by atoms with Crippen LogP contribution in [0.5, 0.6) is 11.5 Å². The van der Waals surface area contributed by atoms with Gasteiger partial charge in [-0.1, -0.05) is 35.9 Å². The van der Waals surface area contributed by atoms with Gasteiger partial charge in [-0.2, -0.15) is 0 Å². The summed E-state index contributed by atoms with van der Waals surface area (Å²) in [6, 6.07) is 12.4. The molecule has 1 aromatic heterocycles. The Kier molecular flexibility index (Phi) is 9.62. The average molecular weight is 716 g/mol. The van der Waals surface area contributed by atoms with Crippen molar-refractivity contribution in [1.82, 2.24) is 18.0 Å². The highest BCUT2D eigenvalue weighted by atomic mass is 127. The van der Waals surface area contributed by atoms with E-state index in [1.165, 1.54) is 12.0 Å². The van der Waals surface area contributed by atoms with E-state index in [4.69, 9.17) is 21.1 Å². The number of anilines is 4. The summed E-state index contributed by atoms with van der Waals surface area (Å²) in [4.78, 5) is 27.2. The first kappa shape index (κ1) is 30.9. The summed E-state index contributed by atoms with van der Waals surface area (Å²) in [5.74, 6) is 2.18. The fraction of sp³-hybridized carbons (Fsp3) is 0.323. The molecule has 2 N–H and O–H groups in total. The second-order valence-corrected chi connectivity index (χ2v) is 12.3. The van der Waals surface area contributed by atoms with Crippen LogP contribution in [0.1, 0.15) is 18.9 Å². The SMILES string of the molecule is COc1ccc(Nc2cc(N(C(=O)Nc3c(C)cccc3Cl)C3(C)C=CC(N4CCN(I)CC4)=CC3)ncn2)c(OC)c1. The van der Waals surface area contributed by atoms with Gasteiger partial charge in [-0.15, -0.1) is 0 Å². The van der Waals surface area contributed by atoms with E-state index in [-0.39, 0.29) is 6.03 Å². The summed E-state index contributed by atoms with van der Waals surface area (Å²) in [6.45, 7) is 7.87. The molecule has 2 aliphatic rings. The number of carbonyl (C=O) groups is 1. The van der Waals surface area contributed by atoms with Gasteiger partial charge >= 0.3 is 6.03 Å². The number of urea groups is 1. The molecule has 5 rings (SSSR count). The molecule has 2 heterocycles.